The van der Waals surface area contributed by atoms with Crippen molar-refractivity contribution in [2.24, 2.45) is 5.41 Å². The summed E-state index contributed by atoms with van der Waals surface area (Å²) in [7, 11) is 0. The number of fused-ring (bicyclic) bond motifs is 1. The van der Waals surface area contributed by atoms with Gasteiger partial charge < -0.3 is 10.2 Å². The zero-order valence-corrected chi connectivity index (χ0v) is 13.3. The normalized spacial score (nSPS) is 17.9. The van der Waals surface area contributed by atoms with Crippen molar-refractivity contribution in [1.29, 1.82) is 0 Å². The molecule has 3 heteroatoms. The molecule has 0 spiro atoms. The van der Waals surface area contributed by atoms with E-state index in [0.29, 0.717) is 6.54 Å². The molecule has 1 atom stereocenters. The maximum absolute atomic E-state index is 13.0. The van der Waals surface area contributed by atoms with Gasteiger partial charge in [0.1, 0.15) is 6.17 Å². The van der Waals surface area contributed by atoms with Gasteiger partial charge in [0.2, 0.25) is 0 Å². The van der Waals surface area contributed by atoms with Crippen LogP contribution in [0.3, 0.4) is 0 Å². The summed E-state index contributed by atoms with van der Waals surface area (Å²) in [4.78, 5) is 14.9. The second kappa shape index (κ2) is 5.48. The Morgan fingerprint density at radius 3 is 2.32 bits per heavy atom. The summed E-state index contributed by atoms with van der Waals surface area (Å²) in [5, 5.41) is 3.54. The van der Waals surface area contributed by atoms with E-state index in [1.165, 1.54) is 0 Å². The van der Waals surface area contributed by atoms with E-state index in [-0.39, 0.29) is 17.5 Å². The lowest BCUT2D eigenvalue weighted by Crippen LogP contribution is -2.54. The molecule has 1 amide bonds. The number of benzene rings is 2. The van der Waals surface area contributed by atoms with Crippen LogP contribution < -0.4 is 5.32 Å². The largest absolute Gasteiger partial charge is 0.364 e. The average Bonchev–Trinajstić information content (AvgIpc) is 2.50. The Morgan fingerprint density at radius 1 is 1.00 bits per heavy atom. The van der Waals surface area contributed by atoms with Crippen LogP contribution in [0.25, 0.3) is 0 Å². The van der Waals surface area contributed by atoms with E-state index in [1.54, 1.807) is 0 Å². The number of para-hydroxylation sites is 1. The summed E-state index contributed by atoms with van der Waals surface area (Å²) in [5.41, 5.74) is 2.76. The zero-order chi connectivity index (χ0) is 15.7. The van der Waals surface area contributed by atoms with Gasteiger partial charge in [-0.05, 0) is 17.7 Å². The maximum atomic E-state index is 13.0. The third kappa shape index (κ3) is 2.71. The lowest BCUT2D eigenvalue weighted by atomic mass is 9.88. The van der Waals surface area contributed by atoms with Crippen molar-refractivity contribution in [3.8, 4) is 0 Å². The summed E-state index contributed by atoms with van der Waals surface area (Å²) in [6.07, 6.45) is -0.0323. The Balaban J connectivity index is 1.99. The van der Waals surface area contributed by atoms with E-state index in [2.05, 4.69) is 38.2 Å². The first-order valence-electron chi connectivity index (χ1n) is 7.67. The van der Waals surface area contributed by atoms with E-state index in [0.717, 1.165) is 16.8 Å². The fraction of sp³-hybridized carbons (Fsp3) is 0.316. The van der Waals surface area contributed by atoms with Crippen molar-refractivity contribution in [3.05, 3.63) is 65.7 Å². The van der Waals surface area contributed by atoms with Gasteiger partial charge in [0.25, 0.3) is 5.91 Å². The molecule has 0 radical (unpaired) electrons. The summed E-state index contributed by atoms with van der Waals surface area (Å²) in [5.74, 6) is 0.0955. The van der Waals surface area contributed by atoms with Crippen molar-refractivity contribution < 1.29 is 4.79 Å². The van der Waals surface area contributed by atoms with E-state index in [9.17, 15) is 4.79 Å². The molecule has 1 unspecified atom stereocenters. The molecule has 1 N–H and O–H groups in total. The van der Waals surface area contributed by atoms with Crippen molar-refractivity contribution >= 4 is 11.6 Å². The predicted octanol–water partition coefficient (Wildman–Crippen LogP) is 4.13. The third-order valence-corrected chi connectivity index (χ3v) is 4.04. The first kappa shape index (κ1) is 14.6. The van der Waals surface area contributed by atoms with Crippen LogP contribution in [0.2, 0.25) is 0 Å². The van der Waals surface area contributed by atoms with E-state index in [1.807, 2.05) is 47.4 Å². The lowest BCUT2D eigenvalue weighted by Gasteiger charge is -2.44. The summed E-state index contributed by atoms with van der Waals surface area (Å²) in [6.45, 7) is 7.08. The molecule has 22 heavy (non-hydrogen) atoms. The fourth-order valence-corrected chi connectivity index (χ4v) is 2.92. The Kier molecular flexibility index (Phi) is 3.65. The molecule has 3 rings (SSSR count). The van der Waals surface area contributed by atoms with E-state index < -0.39 is 0 Å². The smallest absolute Gasteiger partial charge is 0.257 e. The van der Waals surface area contributed by atoms with E-state index >= 15 is 0 Å². The van der Waals surface area contributed by atoms with Gasteiger partial charge in [0.15, 0.2) is 0 Å². The Hall–Kier alpha value is -2.29. The number of rotatable bonds is 2. The minimum absolute atomic E-state index is 0.0323. The highest BCUT2D eigenvalue weighted by molar-refractivity contribution is 6.01. The van der Waals surface area contributed by atoms with Gasteiger partial charge in [0, 0.05) is 17.6 Å². The van der Waals surface area contributed by atoms with Crippen molar-refractivity contribution in [2.75, 3.05) is 5.32 Å². The first-order valence-corrected chi connectivity index (χ1v) is 7.67. The minimum atomic E-state index is -0.0576. The number of carbonyl (C=O) groups is 1. The van der Waals surface area contributed by atoms with Crippen LogP contribution in [0.15, 0.2) is 54.6 Å². The number of anilines is 1. The molecule has 1 heterocycles. The fourth-order valence-electron chi connectivity index (χ4n) is 2.92. The van der Waals surface area contributed by atoms with Gasteiger partial charge >= 0.3 is 0 Å². The highest BCUT2D eigenvalue weighted by Crippen LogP contribution is 2.34. The number of nitrogens with one attached hydrogen (secondary N) is 1. The molecule has 0 fully saturated rings. The Labute approximate surface area is 132 Å². The molecule has 1 aliphatic rings. The molecule has 0 bridgehead atoms. The molecule has 3 nitrogen and oxygen atoms in total. The minimum Gasteiger partial charge on any atom is -0.364 e. The molecule has 0 saturated carbocycles. The van der Waals surface area contributed by atoms with Gasteiger partial charge in [-0.1, -0.05) is 63.2 Å². The van der Waals surface area contributed by atoms with Crippen LogP contribution >= 0.6 is 0 Å². The Bertz CT molecular complexity index is 673. The van der Waals surface area contributed by atoms with Gasteiger partial charge in [-0.15, -0.1) is 0 Å². The molecular formula is C19H22N2O. The molecular weight excluding hydrogens is 272 g/mol. The SMILES string of the molecule is CC(C)(C)C1Nc2ccccc2C(=O)N1Cc1ccccc1. The monoisotopic (exact) mass is 294 g/mol. The number of amides is 1. The summed E-state index contributed by atoms with van der Waals surface area (Å²) < 4.78 is 0. The van der Waals surface area contributed by atoms with Crippen LogP contribution in [0, 0.1) is 5.41 Å². The highest BCUT2D eigenvalue weighted by atomic mass is 16.2. The molecule has 2 aromatic carbocycles. The number of carbonyl (C=O) groups excluding carboxylic acids is 1. The average molecular weight is 294 g/mol. The summed E-state index contributed by atoms with van der Waals surface area (Å²) in [6, 6.07) is 17.9. The van der Waals surface area contributed by atoms with Crippen LogP contribution in [-0.4, -0.2) is 17.0 Å². The van der Waals surface area contributed by atoms with E-state index in [4.69, 9.17) is 0 Å². The Morgan fingerprint density at radius 2 is 1.64 bits per heavy atom. The zero-order valence-electron chi connectivity index (χ0n) is 13.3. The van der Waals surface area contributed by atoms with Crippen molar-refractivity contribution in [3.63, 3.8) is 0 Å². The van der Waals surface area contributed by atoms with Gasteiger partial charge in [-0.3, -0.25) is 4.79 Å². The third-order valence-electron chi connectivity index (χ3n) is 4.04. The van der Waals surface area contributed by atoms with Gasteiger partial charge in [-0.25, -0.2) is 0 Å². The first-order chi connectivity index (χ1) is 10.5. The van der Waals surface area contributed by atoms with Gasteiger partial charge in [-0.2, -0.15) is 0 Å². The molecule has 1 aliphatic heterocycles. The molecule has 0 aromatic heterocycles. The van der Waals surface area contributed by atoms with Crippen LogP contribution in [0.1, 0.15) is 36.7 Å². The number of hydrogen-bond donors (Lipinski definition) is 1. The van der Waals surface area contributed by atoms with Crippen molar-refractivity contribution in [1.82, 2.24) is 4.90 Å². The number of hydrogen-bond acceptors (Lipinski definition) is 2. The molecule has 114 valence electrons. The lowest BCUT2D eigenvalue weighted by molar-refractivity contribution is 0.0524. The standard InChI is InChI=1S/C19H22N2O/c1-19(2,3)18-20-16-12-8-7-11-15(16)17(22)21(18)13-14-9-5-4-6-10-14/h4-12,18,20H,13H2,1-3H3. The topological polar surface area (TPSA) is 32.3 Å². The van der Waals surface area contributed by atoms with Crippen molar-refractivity contribution in [2.45, 2.75) is 33.5 Å². The van der Waals surface area contributed by atoms with Crippen LogP contribution in [0.4, 0.5) is 5.69 Å². The second-order valence-corrected chi connectivity index (χ2v) is 6.88. The quantitative estimate of drug-likeness (QED) is 0.903. The second-order valence-electron chi connectivity index (χ2n) is 6.88. The molecule has 2 aromatic rings. The maximum Gasteiger partial charge on any atom is 0.257 e. The highest BCUT2D eigenvalue weighted by Gasteiger charge is 2.38. The van der Waals surface area contributed by atoms with Crippen LogP contribution in [0.5, 0.6) is 0 Å². The van der Waals surface area contributed by atoms with Gasteiger partial charge in [0.05, 0.1) is 5.56 Å². The molecule has 0 aliphatic carbocycles. The van der Waals surface area contributed by atoms with Crippen LogP contribution in [-0.2, 0) is 6.54 Å². The molecule has 0 saturated heterocycles. The predicted molar refractivity (Wildman–Crippen MR) is 89.6 cm³/mol. The summed E-state index contributed by atoms with van der Waals surface area (Å²) >= 11 is 0. The number of nitrogens with zero attached hydrogens (tertiary/aromatic N) is 1.